The van der Waals surface area contributed by atoms with Crippen molar-refractivity contribution < 1.29 is 19.1 Å². The fraction of sp³-hybridized carbons (Fsp3) is 0.500. The number of hydrogen-bond acceptors (Lipinski definition) is 4. The maximum Gasteiger partial charge on any atom is 0.328 e. The van der Waals surface area contributed by atoms with Crippen LogP contribution in [-0.4, -0.2) is 30.4 Å². The Labute approximate surface area is 142 Å². The van der Waals surface area contributed by atoms with Gasteiger partial charge in [-0.2, -0.15) is 0 Å². The third-order valence-electron chi connectivity index (χ3n) is 3.99. The monoisotopic (exact) mass is 332 g/mol. The van der Waals surface area contributed by atoms with Gasteiger partial charge in [0.05, 0.1) is 6.04 Å². The van der Waals surface area contributed by atoms with Crippen LogP contribution in [0.5, 0.6) is 0 Å². The first-order valence-corrected chi connectivity index (χ1v) is 8.34. The first-order chi connectivity index (χ1) is 11.6. The van der Waals surface area contributed by atoms with Crippen molar-refractivity contribution in [1.29, 1.82) is 0 Å². The second kappa shape index (κ2) is 9.05. The molecule has 0 spiro atoms. The SMILES string of the molecule is CC(=O)N[C@@H]1CCCCCC(=O)N[C@H](c2ccccc2)COC1=O. The average molecular weight is 332 g/mol. The van der Waals surface area contributed by atoms with Crippen LogP contribution in [0.25, 0.3) is 0 Å². The number of ether oxygens (including phenoxy) is 1. The fourth-order valence-electron chi connectivity index (χ4n) is 2.74. The summed E-state index contributed by atoms with van der Waals surface area (Å²) in [5.41, 5.74) is 0.881. The normalized spacial score (nSPS) is 23.2. The van der Waals surface area contributed by atoms with Gasteiger partial charge in [-0.15, -0.1) is 0 Å². The molecule has 130 valence electrons. The molecule has 1 aromatic carbocycles. The van der Waals surface area contributed by atoms with E-state index in [4.69, 9.17) is 4.74 Å². The zero-order chi connectivity index (χ0) is 17.4. The lowest BCUT2D eigenvalue weighted by molar-refractivity contribution is -0.149. The first kappa shape index (κ1) is 18.0. The highest BCUT2D eigenvalue weighted by Gasteiger charge is 2.24. The van der Waals surface area contributed by atoms with E-state index in [0.29, 0.717) is 12.8 Å². The minimum atomic E-state index is -0.631. The van der Waals surface area contributed by atoms with Crippen molar-refractivity contribution in [3.05, 3.63) is 35.9 Å². The summed E-state index contributed by atoms with van der Waals surface area (Å²) in [6.07, 6.45) is 3.32. The number of hydrogen-bond donors (Lipinski definition) is 2. The van der Waals surface area contributed by atoms with E-state index in [9.17, 15) is 14.4 Å². The van der Waals surface area contributed by atoms with Crippen molar-refractivity contribution >= 4 is 17.8 Å². The van der Waals surface area contributed by atoms with Crippen LogP contribution in [0.3, 0.4) is 0 Å². The Morgan fingerprint density at radius 1 is 1.17 bits per heavy atom. The number of esters is 1. The summed E-state index contributed by atoms with van der Waals surface area (Å²) in [6, 6.07) is 8.39. The van der Waals surface area contributed by atoms with Crippen molar-refractivity contribution in [2.24, 2.45) is 0 Å². The summed E-state index contributed by atoms with van der Waals surface area (Å²) in [5.74, 6) is -0.753. The molecule has 1 saturated heterocycles. The van der Waals surface area contributed by atoms with Gasteiger partial charge in [-0.1, -0.05) is 43.2 Å². The summed E-state index contributed by atoms with van der Waals surface area (Å²) >= 11 is 0. The van der Waals surface area contributed by atoms with Crippen molar-refractivity contribution in [2.45, 2.75) is 51.1 Å². The van der Waals surface area contributed by atoms with Gasteiger partial charge in [0.25, 0.3) is 0 Å². The number of nitrogens with one attached hydrogen (secondary N) is 2. The number of rotatable bonds is 2. The van der Waals surface area contributed by atoms with E-state index in [-0.39, 0.29) is 24.5 Å². The van der Waals surface area contributed by atoms with Gasteiger partial charge >= 0.3 is 5.97 Å². The molecule has 1 fully saturated rings. The largest absolute Gasteiger partial charge is 0.462 e. The Bertz CT molecular complexity index is 574. The van der Waals surface area contributed by atoms with Crippen LogP contribution >= 0.6 is 0 Å². The van der Waals surface area contributed by atoms with Crippen molar-refractivity contribution in [2.75, 3.05) is 6.61 Å². The maximum atomic E-state index is 12.3. The van der Waals surface area contributed by atoms with Crippen LogP contribution in [0, 0.1) is 0 Å². The van der Waals surface area contributed by atoms with Crippen molar-refractivity contribution in [3.63, 3.8) is 0 Å². The summed E-state index contributed by atoms with van der Waals surface area (Å²) in [4.78, 5) is 35.6. The highest BCUT2D eigenvalue weighted by atomic mass is 16.5. The van der Waals surface area contributed by atoms with Crippen LogP contribution in [0.15, 0.2) is 30.3 Å². The van der Waals surface area contributed by atoms with E-state index >= 15 is 0 Å². The zero-order valence-electron chi connectivity index (χ0n) is 13.9. The number of cyclic esters (lactones) is 1. The van der Waals surface area contributed by atoms with Gasteiger partial charge in [0.2, 0.25) is 11.8 Å². The predicted molar refractivity (Wildman–Crippen MR) is 89.0 cm³/mol. The summed E-state index contributed by atoms with van der Waals surface area (Å²) in [7, 11) is 0. The van der Waals surface area contributed by atoms with Crippen LogP contribution in [0.4, 0.5) is 0 Å². The van der Waals surface area contributed by atoms with Gasteiger partial charge in [-0.3, -0.25) is 9.59 Å². The molecule has 2 amide bonds. The average Bonchev–Trinajstić information content (AvgIpc) is 2.56. The van der Waals surface area contributed by atoms with Gasteiger partial charge in [0, 0.05) is 13.3 Å². The van der Waals surface area contributed by atoms with Crippen LogP contribution < -0.4 is 10.6 Å². The molecule has 2 N–H and O–H groups in total. The number of carbonyl (C=O) groups is 3. The maximum absolute atomic E-state index is 12.3. The zero-order valence-corrected chi connectivity index (χ0v) is 13.9. The Kier molecular flexibility index (Phi) is 6.78. The van der Waals surface area contributed by atoms with Gasteiger partial charge in [0.1, 0.15) is 12.6 Å². The topological polar surface area (TPSA) is 84.5 Å². The number of carbonyl (C=O) groups excluding carboxylic acids is 3. The van der Waals surface area contributed by atoms with Crippen LogP contribution in [0.2, 0.25) is 0 Å². The molecule has 1 heterocycles. The lowest BCUT2D eigenvalue weighted by Gasteiger charge is -2.23. The molecule has 0 bridgehead atoms. The van der Waals surface area contributed by atoms with Crippen LogP contribution in [-0.2, 0) is 19.1 Å². The first-order valence-electron chi connectivity index (χ1n) is 8.34. The van der Waals surface area contributed by atoms with Gasteiger partial charge < -0.3 is 15.4 Å². The molecular formula is C18H24N2O4. The molecule has 2 rings (SSSR count). The molecule has 24 heavy (non-hydrogen) atoms. The van der Waals surface area contributed by atoms with E-state index in [1.807, 2.05) is 30.3 Å². The third-order valence-corrected chi connectivity index (χ3v) is 3.99. The Morgan fingerprint density at radius 3 is 2.62 bits per heavy atom. The Balaban J connectivity index is 2.11. The molecule has 1 aliphatic rings. The molecule has 0 saturated carbocycles. The van der Waals surface area contributed by atoms with Gasteiger partial charge in [-0.25, -0.2) is 4.79 Å². The Hall–Kier alpha value is -2.37. The minimum Gasteiger partial charge on any atom is -0.462 e. The molecular weight excluding hydrogens is 308 g/mol. The predicted octanol–water partition coefficient (Wildman–Crippen LogP) is 1.86. The second-order valence-corrected chi connectivity index (χ2v) is 6.01. The lowest BCUT2D eigenvalue weighted by atomic mass is 10.0. The van der Waals surface area contributed by atoms with Crippen molar-refractivity contribution in [1.82, 2.24) is 10.6 Å². The molecule has 2 atom stereocenters. The molecule has 0 radical (unpaired) electrons. The van der Waals surface area contributed by atoms with E-state index in [1.54, 1.807) is 0 Å². The van der Waals surface area contributed by atoms with E-state index in [1.165, 1.54) is 6.92 Å². The van der Waals surface area contributed by atoms with Crippen LogP contribution in [0.1, 0.15) is 50.6 Å². The van der Waals surface area contributed by atoms with Gasteiger partial charge in [0.15, 0.2) is 0 Å². The quantitative estimate of drug-likeness (QED) is 0.810. The highest BCUT2D eigenvalue weighted by Crippen LogP contribution is 2.16. The Morgan fingerprint density at radius 2 is 1.92 bits per heavy atom. The number of amides is 2. The molecule has 0 aliphatic carbocycles. The minimum absolute atomic E-state index is 0.0427. The molecule has 1 aliphatic heterocycles. The fourth-order valence-corrected chi connectivity index (χ4v) is 2.74. The van der Waals surface area contributed by atoms with Crippen molar-refractivity contribution in [3.8, 4) is 0 Å². The van der Waals surface area contributed by atoms with E-state index < -0.39 is 12.0 Å². The van der Waals surface area contributed by atoms with Gasteiger partial charge in [-0.05, 0) is 18.4 Å². The summed E-state index contributed by atoms with van der Waals surface area (Å²) in [6.45, 7) is 1.43. The molecule has 0 aromatic heterocycles. The second-order valence-electron chi connectivity index (χ2n) is 6.01. The summed E-state index contributed by atoms with van der Waals surface area (Å²) in [5, 5.41) is 5.57. The lowest BCUT2D eigenvalue weighted by Crippen LogP contribution is -2.42. The van der Waals surface area contributed by atoms with E-state index in [2.05, 4.69) is 10.6 Å². The molecule has 1 aromatic rings. The third kappa shape index (κ3) is 5.68. The molecule has 6 heteroatoms. The summed E-state index contributed by atoms with van der Waals surface area (Å²) < 4.78 is 5.38. The smallest absolute Gasteiger partial charge is 0.328 e. The number of benzene rings is 1. The highest BCUT2D eigenvalue weighted by molar-refractivity contribution is 5.83. The molecule has 6 nitrogen and oxygen atoms in total. The standard InChI is InChI=1S/C18H24N2O4/c1-13(21)19-15-10-6-3-7-11-17(22)20-16(12-24-18(15)23)14-8-4-2-5-9-14/h2,4-5,8-9,15-16H,3,6-7,10-12H2,1H3,(H,19,21)(H,20,22)/t15-,16+/m1/s1. The van der Waals surface area contributed by atoms with E-state index in [0.717, 1.165) is 24.8 Å². The molecule has 0 unspecified atom stereocenters.